The lowest BCUT2D eigenvalue weighted by molar-refractivity contribution is -0.165. The molecule has 1 aliphatic carbocycles. The largest absolute Gasteiger partial charge is 0.508 e. The highest BCUT2D eigenvalue weighted by molar-refractivity contribution is 5.95. The van der Waals surface area contributed by atoms with Gasteiger partial charge in [0.1, 0.15) is 5.76 Å². The summed E-state index contributed by atoms with van der Waals surface area (Å²) in [6.07, 6.45) is 0.317. The Bertz CT molecular complexity index is 334. The molecule has 0 radical (unpaired) electrons. The first-order valence-corrected chi connectivity index (χ1v) is 3.79. The van der Waals surface area contributed by atoms with E-state index >= 15 is 0 Å². The molecular weight excluding hydrogens is 197 g/mol. The lowest BCUT2D eigenvalue weighted by Crippen LogP contribution is -2.20. The van der Waals surface area contributed by atoms with Gasteiger partial charge in [-0.2, -0.15) is 13.2 Å². The Morgan fingerprint density at radius 1 is 1.50 bits per heavy atom. The van der Waals surface area contributed by atoms with E-state index in [1.54, 1.807) is 12.2 Å². The first-order chi connectivity index (χ1) is 6.41. The molecule has 0 atom stereocenters. The van der Waals surface area contributed by atoms with Gasteiger partial charge in [0, 0.05) is 6.08 Å². The fraction of sp³-hybridized carbons (Fsp3) is 0.222. The van der Waals surface area contributed by atoms with E-state index in [-0.39, 0.29) is 6.08 Å². The Morgan fingerprint density at radius 2 is 2.14 bits per heavy atom. The van der Waals surface area contributed by atoms with Crippen molar-refractivity contribution in [1.82, 2.24) is 0 Å². The third-order valence-electron chi connectivity index (χ3n) is 1.65. The van der Waals surface area contributed by atoms with Crippen molar-refractivity contribution in [2.24, 2.45) is 0 Å². The highest BCUT2D eigenvalue weighted by atomic mass is 19.4. The molecule has 76 valence electrons. The summed E-state index contributed by atoms with van der Waals surface area (Å²) in [5, 5.41) is 9.11. The van der Waals surface area contributed by atoms with Crippen molar-refractivity contribution >= 4 is 5.78 Å². The highest BCUT2D eigenvalue weighted by Crippen LogP contribution is 2.21. The molecule has 0 saturated heterocycles. The molecule has 0 aliphatic heterocycles. The highest BCUT2D eigenvalue weighted by Gasteiger charge is 2.37. The number of carbonyl (C=O) groups is 1. The van der Waals surface area contributed by atoms with E-state index in [1.165, 1.54) is 6.08 Å². The van der Waals surface area contributed by atoms with E-state index in [2.05, 4.69) is 0 Å². The van der Waals surface area contributed by atoms with Gasteiger partial charge >= 0.3 is 6.18 Å². The van der Waals surface area contributed by atoms with Crippen LogP contribution >= 0.6 is 0 Å². The summed E-state index contributed by atoms with van der Waals surface area (Å²) in [5.74, 6) is -2.68. The molecule has 5 heteroatoms. The Morgan fingerprint density at radius 3 is 2.57 bits per heavy atom. The Balaban J connectivity index is 2.74. The quantitative estimate of drug-likeness (QED) is 0.554. The standard InChI is InChI=1S/C9H7F3O2/c10-9(11,12)8(14)5-7(13)6-3-1-2-4-6/h1-3,5,13H,4H2/b7-5-. The minimum Gasteiger partial charge on any atom is -0.508 e. The van der Waals surface area contributed by atoms with Crippen molar-refractivity contribution in [3.63, 3.8) is 0 Å². The topological polar surface area (TPSA) is 37.3 Å². The third kappa shape index (κ3) is 2.48. The number of aliphatic hydroxyl groups is 1. The smallest absolute Gasteiger partial charge is 0.454 e. The van der Waals surface area contributed by atoms with Crippen LogP contribution in [0.25, 0.3) is 0 Å². The number of ketones is 1. The number of carbonyl (C=O) groups excluding carboxylic acids is 1. The second-order valence-corrected chi connectivity index (χ2v) is 2.72. The zero-order valence-electron chi connectivity index (χ0n) is 7.01. The average Bonchev–Trinajstić information content (AvgIpc) is 2.53. The number of rotatable bonds is 2. The van der Waals surface area contributed by atoms with Gasteiger partial charge in [0.15, 0.2) is 0 Å². The summed E-state index contributed by atoms with van der Waals surface area (Å²) in [4.78, 5) is 10.4. The van der Waals surface area contributed by atoms with Crippen LogP contribution in [0.1, 0.15) is 6.42 Å². The molecule has 0 spiro atoms. The summed E-state index contributed by atoms with van der Waals surface area (Å²) in [5.41, 5.74) is 0.308. The molecule has 1 aliphatic rings. The van der Waals surface area contributed by atoms with Gasteiger partial charge in [-0.15, -0.1) is 0 Å². The molecule has 1 rings (SSSR count). The fourth-order valence-corrected chi connectivity index (χ4v) is 0.936. The zero-order valence-corrected chi connectivity index (χ0v) is 7.01. The number of hydrogen-bond acceptors (Lipinski definition) is 2. The second kappa shape index (κ2) is 3.69. The van der Waals surface area contributed by atoms with Crippen molar-refractivity contribution in [3.8, 4) is 0 Å². The van der Waals surface area contributed by atoms with E-state index in [4.69, 9.17) is 5.11 Å². The minimum absolute atomic E-state index is 0.193. The maximum atomic E-state index is 11.8. The van der Waals surface area contributed by atoms with Crippen LogP contribution < -0.4 is 0 Å². The number of allylic oxidation sites excluding steroid dienone is 5. The van der Waals surface area contributed by atoms with Gasteiger partial charge in [0.2, 0.25) is 0 Å². The van der Waals surface area contributed by atoms with Gasteiger partial charge in [0.25, 0.3) is 5.78 Å². The van der Waals surface area contributed by atoms with Crippen LogP contribution in [0.2, 0.25) is 0 Å². The predicted octanol–water partition coefficient (Wildman–Crippen LogP) is 2.45. The van der Waals surface area contributed by atoms with Crippen LogP contribution in [0, 0.1) is 0 Å². The summed E-state index contributed by atoms with van der Waals surface area (Å²) in [6, 6.07) is 0. The second-order valence-electron chi connectivity index (χ2n) is 2.72. The van der Waals surface area contributed by atoms with Crippen LogP contribution in [0.15, 0.2) is 35.6 Å². The summed E-state index contributed by atoms with van der Waals surface area (Å²) in [6.45, 7) is 0. The molecule has 0 bridgehead atoms. The average molecular weight is 204 g/mol. The number of hydrogen-bond donors (Lipinski definition) is 1. The maximum Gasteiger partial charge on any atom is 0.454 e. The third-order valence-corrected chi connectivity index (χ3v) is 1.65. The van der Waals surface area contributed by atoms with E-state index in [0.717, 1.165) is 0 Å². The first kappa shape index (κ1) is 10.6. The molecule has 14 heavy (non-hydrogen) atoms. The lowest BCUT2D eigenvalue weighted by atomic mass is 10.1. The number of aliphatic hydroxyl groups excluding tert-OH is 1. The number of alkyl halides is 3. The maximum absolute atomic E-state index is 11.8. The van der Waals surface area contributed by atoms with Crippen molar-refractivity contribution in [3.05, 3.63) is 35.6 Å². The summed E-state index contributed by atoms with van der Waals surface area (Å²) < 4.78 is 35.3. The molecule has 2 nitrogen and oxygen atoms in total. The molecule has 1 N–H and O–H groups in total. The van der Waals surface area contributed by atoms with Crippen LogP contribution in [0.5, 0.6) is 0 Å². The molecular formula is C9H7F3O2. The van der Waals surface area contributed by atoms with Gasteiger partial charge in [0.05, 0.1) is 0 Å². The Labute approximate surface area is 78.0 Å². The van der Waals surface area contributed by atoms with E-state index in [9.17, 15) is 18.0 Å². The predicted molar refractivity (Wildman–Crippen MR) is 43.6 cm³/mol. The summed E-state index contributed by atoms with van der Waals surface area (Å²) >= 11 is 0. The van der Waals surface area contributed by atoms with E-state index in [0.29, 0.717) is 12.0 Å². The summed E-state index contributed by atoms with van der Waals surface area (Å²) in [7, 11) is 0. The van der Waals surface area contributed by atoms with Gasteiger partial charge in [-0.25, -0.2) is 0 Å². The van der Waals surface area contributed by atoms with Gasteiger partial charge < -0.3 is 5.11 Å². The van der Waals surface area contributed by atoms with Crippen LogP contribution in [0.3, 0.4) is 0 Å². The number of halogens is 3. The lowest BCUT2D eigenvalue weighted by Gasteiger charge is -2.02. The van der Waals surface area contributed by atoms with Crippen LogP contribution in [0.4, 0.5) is 13.2 Å². The van der Waals surface area contributed by atoms with Gasteiger partial charge in [-0.3, -0.25) is 4.79 Å². The fourth-order valence-electron chi connectivity index (χ4n) is 0.936. The zero-order chi connectivity index (χ0) is 10.8. The van der Waals surface area contributed by atoms with Crippen molar-refractivity contribution in [1.29, 1.82) is 0 Å². The normalized spacial score (nSPS) is 17.1. The molecule has 0 aromatic carbocycles. The molecule has 0 aromatic heterocycles. The molecule has 0 fully saturated rings. The molecule has 0 saturated carbocycles. The van der Waals surface area contributed by atoms with Gasteiger partial charge in [-0.1, -0.05) is 18.2 Å². The van der Waals surface area contributed by atoms with Gasteiger partial charge in [-0.05, 0) is 12.0 Å². The Kier molecular flexibility index (Phi) is 2.78. The van der Waals surface area contributed by atoms with E-state index in [1.807, 2.05) is 0 Å². The SMILES string of the molecule is O=C(/C=C(\O)C1=CC=CC1)C(F)(F)F. The minimum atomic E-state index is -4.93. The van der Waals surface area contributed by atoms with E-state index < -0.39 is 17.7 Å². The van der Waals surface area contributed by atoms with Crippen molar-refractivity contribution in [2.45, 2.75) is 12.6 Å². The first-order valence-electron chi connectivity index (χ1n) is 3.79. The van der Waals surface area contributed by atoms with Crippen molar-refractivity contribution in [2.75, 3.05) is 0 Å². The van der Waals surface area contributed by atoms with Crippen LogP contribution in [-0.4, -0.2) is 17.1 Å². The van der Waals surface area contributed by atoms with Crippen molar-refractivity contribution < 1.29 is 23.1 Å². The molecule has 0 heterocycles. The molecule has 0 unspecified atom stereocenters. The molecule has 0 aromatic rings. The monoisotopic (exact) mass is 204 g/mol. The van der Waals surface area contributed by atoms with Crippen LogP contribution in [-0.2, 0) is 4.79 Å². The molecule has 0 amide bonds. The Hall–Kier alpha value is -1.52.